The molecule has 65 heavy (non-hydrogen) atoms. The summed E-state index contributed by atoms with van der Waals surface area (Å²) < 4.78 is 20.8. The standard InChI is InChI=1S/C60H35N3O2/c1-2-14-38(15-3-1)61-51-23-10-6-19-45(51)57-53(61)29-27-43-44-28-30-54-58(60(44)65-59(43)57)46-20-7-11-24-52(46)63(54)39-16-12-13-36(33-39)37-25-31-55-47(34-37)48-35-40(26-32-56(48)64-55)62-49-21-8-4-17-41(49)42-18-5-9-22-50(42)62/h1-35H. The van der Waals surface area contributed by atoms with Crippen LogP contribution in [0.1, 0.15) is 0 Å². The smallest absolute Gasteiger partial charge is 0.145 e. The SMILES string of the molecule is c1ccc(-n2c3ccccc3c3c4oc5c(ccc6c5c5ccccc5n6-c5cccc(-c6ccc7oc8ccc(-n9c%10ccccc%10c%10ccccc%109)cc8c7c6)c5)c4ccc32)cc1. The lowest BCUT2D eigenvalue weighted by Crippen LogP contribution is -1.94. The molecule has 0 aliphatic carbocycles. The van der Waals surface area contributed by atoms with E-state index in [1.165, 1.54) is 27.2 Å². The Bertz CT molecular complexity index is 4430. The average molecular weight is 830 g/mol. The Labute approximate surface area is 370 Å². The fraction of sp³-hybridized carbons (Fsp3) is 0. The summed E-state index contributed by atoms with van der Waals surface area (Å²) in [4.78, 5) is 0. The van der Waals surface area contributed by atoms with Crippen LogP contribution in [0, 0.1) is 0 Å². The molecule has 15 aromatic rings. The van der Waals surface area contributed by atoms with Crippen molar-refractivity contribution in [1.29, 1.82) is 0 Å². The molecule has 0 bridgehead atoms. The molecule has 0 N–H and O–H groups in total. The molecule has 0 amide bonds. The third-order valence-electron chi connectivity index (χ3n) is 13.8. The Morgan fingerprint density at radius 1 is 0.246 bits per heavy atom. The van der Waals surface area contributed by atoms with Gasteiger partial charge in [-0.2, -0.15) is 0 Å². The van der Waals surface area contributed by atoms with E-state index in [1.807, 2.05) is 0 Å². The van der Waals surface area contributed by atoms with Crippen LogP contribution >= 0.6 is 0 Å². The highest BCUT2D eigenvalue weighted by Gasteiger charge is 2.23. The lowest BCUT2D eigenvalue weighted by Gasteiger charge is -2.10. The van der Waals surface area contributed by atoms with Gasteiger partial charge in [0, 0.05) is 60.2 Å². The van der Waals surface area contributed by atoms with Gasteiger partial charge in [-0.05, 0) is 114 Å². The molecule has 0 saturated carbocycles. The first-order chi connectivity index (χ1) is 32.2. The number of rotatable bonds is 4. The van der Waals surface area contributed by atoms with E-state index >= 15 is 0 Å². The van der Waals surface area contributed by atoms with Crippen molar-refractivity contribution in [2.24, 2.45) is 0 Å². The molecule has 0 radical (unpaired) electrons. The molecule has 15 rings (SSSR count). The van der Waals surface area contributed by atoms with Crippen molar-refractivity contribution < 1.29 is 8.83 Å². The van der Waals surface area contributed by atoms with Gasteiger partial charge in [0.05, 0.1) is 43.9 Å². The summed E-state index contributed by atoms with van der Waals surface area (Å²) in [5.74, 6) is 0. The van der Waals surface area contributed by atoms with Gasteiger partial charge in [0.1, 0.15) is 22.3 Å². The van der Waals surface area contributed by atoms with Gasteiger partial charge in [0.2, 0.25) is 0 Å². The van der Waals surface area contributed by atoms with Gasteiger partial charge >= 0.3 is 0 Å². The van der Waals surface area contributed by atoms with Gasteiger partial charge in [-0.3, -0.25) is 0 Å². The van der Waals surface area contributed by atoms with Crippen molar-refractivity contribution in [1.82, 2.24) is 13.7 Å². The van der Waals surface area contributed by atoms with E-state index in [9.17, 15) is 0 Å². The largest absolute Gasteiger partial charge is 0.456 e. The van der Waals surface area contributed by atoms with E-state index in [1.54, 1.807) is 0 Å². The van der Waals surface area contributed by atoms with Gasteiger partial charge in [-0.25, -0.2) is 0 Å². The second-order valence-electron chi connectivity index (χ2n) is 17.2. The van der Waals surface area contributed by atoms with Crippen LogP contribution in [-0.4, -0.2) is 13.7 Å². The van der Waals surface area contributed by atoms with Crippen LogP contribution in [-0.2, 0) is 0 Å². The third-order valence-corrected chi connectivity index (χ3v) is 13.8. The predicted molar refractivity (Wildman–Crippen MR) is 269 cm³/mol. The maximum atomic E-state index is 7.19. The first-order valence-corrected chi connectivity index (χ1v) is 22.2. The number of hydrogen-bond acceptors (Lipinski definition) is 2. The lowest BCUT2D eigenvalue weighted by molar-refractivity contribution is 0.669. The van der Waals surface area contributed by atoms with Crippen molar-refractivity contribution in [3.8, 4) is 28.2 Å². The molecular weight excluding hydrogens is 795 g/mol. The summed E-state index contributed by atoms with van der Waals surface area (Å²) in [5.41, 5.74) is 16.1. The molecule has 0 atom stereocenters. The fourth-order valence-corrected chi connectivity index (χ4v) is 11.0. The molecule has 5 aromatic heterocycles. The van der Waals surface area contributed by atoms with E-state index in [-0.39, 0.29) is 0 Å². The minimum Gasteiger partial charge on any atom is -0.456 e. The van der Waals surface area contributed by atoms with Crippen molar-refractivity contribution in [3.05, 3.63) is 212 Å². The second kappa shape index (κ2) is 12.9. The molecule has 0 fully saturated rings. The summed E-state index contributed by atoms with van der Waals surface area (Å²) in [6.07, 6.45) is 0. The van der Waals surface area contributed by atoms with Gasteiger partial charge in [0.25, 0.3) is 0 Å². The molecule has 0 spiro atoms. The topological polar surface area (TPSA) is 41.1 Å². The van der Waals surface area contributed by atoms with E-state index < -0.39 is 0 Å². The van der Waals surface area contributed by atoms with E-state index in [2.05, 4.69) is 226 Å². The third kappa shape index (κ3) is 4.76. The highest BCUT2D eigenvalue weighted by atomic mass is 16.3. The molecule has 10 aromatic carbocycles. The number of furan rings is 2. The van der Waals surface area contributed by atoms with Crippen LogP contribution < -0.4 is 0 Å². The number of nitrogens with zero attached hydrogens (tertiary/aromatic N) is 3. The Hall–Kier alpha value is -8.80. The Morgan fingerprint density at radius 2 is 0.708 bits per heavy atom. The predicted octanol–water partition coefficient (Wildman–Crippen LogP) is 16.4. The molecule has 0 saturated heterocycles. The summed E-state index contributed by atoms with van der Waals surface area (Å²) in [7, 11) is 0. The number of hydrogen-bond donors (Lipinski definition) is 0. The molecule has 5 heteroatoms. The molecule has 0 aliphatic heterocycles. The Kier molecular flexibility index (Phi) is 6.89. The normalized spacial score (nSPS) is 12.3. The Balaban J connectivity index is 0.901. The van der Waals surface area contributed by atoms with E-state index in [0.717, 1.165) is 110 Å². The molecule has 0 aliphatic rings. The zero-order valence-corrected chi connectivity index (χ0v) is 34.9. The zero-order chi connectivity index (χ0) is 42.3. The second-order valence-corrected chi connectivity index (χ2v) is 17.2. The van der Waals surface area contributed by atoms with Crippen LogP contribution in [0.2, 0.25) is 0 Å². The van der Waals surface area contributed by atoms with Gasteiger partial charge < -0.3 is 22.5 Å². The fourth-order valence-electron chi connectivity index (χ4n) is 11.0. The van der Waals surface area contributed by atoms with Crippen molar-refractivity contribution in [2.75, 3.05) is 0 Å². The zero-order valence-electron chi connectivity index (χ0n) is 34.9. The maximum absolute atomic E-state index is 7.19. The van der Waals surface area contributed by atoms with Crippen LogP contribution in [0.15, 0.2) is 221 Å². The minimum absolute atomic E-state index is 0.874. The van der Waals surface area contributed by atoms with Gasteiger partial charge in [0.15, 0.2) is 0 Å². The number of aromatic nitrogens is 3. The summed E-state index contributed by atoms with van der Waals surface area (Å²) in [5, 5.41) is 11.5. The van der Waals surface area contributed by atoms with E-state index in [4.69, 9.17) is 8.83 Å². The van der Waals surface area contributed by atoms with Gasteiger partial charge in [-0.15, -0.1) is 0 Å². The van der Waals surface area contributed by atoms with Crippen LogP contribution in [0.4, 0.5) is 0 Å². The van der Waals surface area contributed by atoms with Crippen LogP contribution in [0.5, 0.6) is 0 Å². The highest BCUT2D eigenvalue weighted by Crippen LogP contribution is 2.45. The molecule has 5 nitrogen and oxygen atoms in total. The number of benzene rings is 10. The molecule has 0 unspecified atom stereocenters. The number of para-hydroxylation sites is 5. The average Bonchev–Trinajstić information content (AvgIpc) is 4.17. The maximum Gasteiger partial charge on any atom is 0.145 e. The minimum atomic E-state index is 0.874. The first kappa shape index (κ1) is 34.7. The van der Waals surface area contributed by atoms with Crippen molar-refractivity contribution in [3.63, 3.8) is 0 Å². The summed E-state index contributed by atoms with van der Waals surface area (Å²) in [6.45, 7) is 0. The summed E-state index contributed by atoms with van der Waals surface area (Å²) >= 11 is 0. The molecular formula is C60H35N3O2. The Morgan fingerprint density at radius 3 is 1.34 bits per heavy atom. The first-order valence-electron chi connectivity index (χ1n) is 22.2. The van der Waals surface area contributed by atoms with E-state index in [0.29, 0.717) is 0 Å². The van der Waals surface area contributed by atoms with Crippen molar-refractivity contribution >= 4 is 109 Å². The lowest BCUT2D eigenvalue weighted by atomic mass is 10.0. The number of fused-ring (bicyclic) bond motifs is 17. The van der Waals surface area contributed by atoms with Gasteiger partial charge in [-0.1, -0.05) is 109 Å². The van der Waals surface area contributed by atoms with Crippen LogP contribution in [0.3, 0.4) is 0 Å². The summed E-state index contributed by atoms with van der Waals surface area (Å²) in [6, 6.07) is 76.3. The monoisotopic (exact) mass is 829 g/mol. The van der Waals surface area contributed by atoms with Crippen molar-refractivity contribution in [2.45, 2.75) is 0 Å². The molecule has 302 valence electrons. The molecule has 5 heterocycles. The highest BCUT2D eigenvalue weighted by molar-refractivity contribution is 6.29. The quantitative estimate of drug-likeness (QED) is 0.177. The van der Waals surface area contributed by atoms with Crippen LogP contribution in [0.25, 0.3) is 137 Å².